The molecule has 0 unspecified atom stereocenters. The van der Waals surface area contributed by atoms with Crippen LogP contribution in [0.4, 0.5) is 0 Å². The fourth-order valence-electron chi connectivity index (χ4n) is 3.74. The highest BCUT2D eigenvalue weighted by Crippen LogP contribution is 2.37. The second kappa shape index (κ2) is 5.15. The molecule has 0 amide bonds. The molecule has 0 spiro atoms. The highest BCUT2D eigenvalue weighted by molar-refractivity contribution is 6.03. The molecule has 0 atom stereocenters. The Morgan fingerprint density at radius 3 is 2.82 bits per heavy atom. The zero-order valence-electron chi connectivity index (χ0n) is 12.3. The fraction of sp³-hybridized carbons (Fsp3) is 0.412. The van der Waals surface area contributed by atoms with Crippen molar-refractivity contribution in [1.82, 2.24) is 14.5 Å². The summed E-state index contributed by atoms with van der Waals surface area (Å²) in [6.45, 7) is -0.0568. The third-order valence-corrected chi connectivity index (χ3v) is 4.84. The van der Waals surface area contributed by atoms with Crippen LogP contribution in [0.3, 0.4) is 0 Å². The van der Waals surface area contributed by atoms with Crippen molar-refractivity contribution < 1.29 is 5.11 Å². The second-order valence-corrected chi connectivity index (χ2v) is 6.06. The Kier molecular flexibility index (Phi) is 3.12. The summed E-state index contributed by atoms with van der Waals surface area (Å²) >= 11 is 0. The zero-order chi connectivity index (χ0) is 15.1. The molecule has 0 aliphatic heterocycles. The first-order chi connectivity index (χ1) is 10.8. The van der Waals surface area contributed by atoms with Crippen molar-refractivity contribution in [2.24, 2.45) is 5.92 Å². The molecule has 1 aliphatic carbocycles. The van der Waals surface area contributed by atoms with Gasteiger partial charge in [-0.3, -0.25) is 0 Å². The van der Waals surface area contributed by atoms with Crippen molar-refractivity contribution in [3.63, 3.8) is 0 Å². The minimum absolute atomic E-state index is 0.0568. The SMILES string of the molecule is N#CC1CCC(n2c(CO)nc3ccc4[nH]ccc4c32)CC1. The van der Waals surface area contributed by atoms with Crippen LogP contribution in [-0.2, 0) is 6.61 Å². The summed E-state index contributed by atoms with van der Waals surface area (Å²) in [6, 6.07) is 8.80. The van der Waals surface area contributed by atoms with Crippen LogP contribution >= 0.6 is 0 Å². The summed E-state index contributed by atoms with van der Waals surface area (Å²) in [5.74, 6) is 0.903. The third-order valence-electron chi connectivity index (χ3n) is 4.84. The Labute approximate surface area is 128 Å². The molecule has 2 aromatic heterocycles. The Morgan fingerprint density at radius 2 is 2.09 bits per heavy atom. The van der Waals surface area contributed by atoms with Gasteiger partial charge in [0.25, 0.3) is 0 Å². The molecule has 4 rings (SSSR count). The number of aromatic nitrogens is 3. The highest BCUT2D eigenvalue weighted by atomic mass is 16.3. The lowest BCUT2D eigenvalue weighted by Crippen LogP contribution is -2.19. The quantitative estimate of drug-likeness (QED) is 0.761. The van der Waals surface area contributed by atoms with Gasteiger partial charge >= 0.3 is 0 Å². The van der Waals surface area contributed by atoms with E-state index in [1.165, 1.54) is 0 Å². The summed E-state index contributed by atoms with van der Waals surface area (Å²) in [4.78, 5) is 7.85. The summed E-state index contributed by atoms with van der Waals surface area (Å²) in [5.41, 5.74) is 3.12. The third kappa shape index (κ3) is 1.92. The van der Waals surface area contributed by atoms with Crippen LogP contribution in [0.15, 0.2) is 24.4 Å². The number of nitrogens with one attached hydrogen (secondary N) is 1. The molecular weight excluding hydrogens is 276 g/mol. The molecular formula is C17H18N4O. The second-order valence-electron chi connectivity index (χ2n) is 6.06. The number of aliphatic hydroxyl groups excluding tert-OH is 1. The van der Waals surface area contributed by atoms with Crippen molar-refractivity contribution >= 4 is 21.9 Å². The lowest BCUT2D eigenvalue weighted by molar-refractivity contribution is 0.248. The van der Waals surface area contributed by atoms with Crippen molar-refractivity contribution in [2.45, 2.75) is 38.3 Å². The smallest absolute Gasteiger partial charge is 0.135 e. The number of aromatic amines is 1. The van der Waals surface area contributed by atoms with E-state index in [1.54, 1.807) is 0 Å². The molecule has 3 aromatic rings. The molecule has 1 aromatic carbocycles. The molecule has 0 bridgehead atoms. The summed E-state index contributed by atoms with van der Waals surface area (Å²) in [5, 5.41) is 20.0. The fourth-order valence-corrected chi connectivity index (χ4v) is 3.74. The number of H-pyrrole nitrogens is 1. The van der Waals surface area contributed by atoms with E-state index in [0.29, 0.717) is 6.04 Å². The average molecular weight is 294 g/mol. The molecule has 22 heavy (non-hydrogen) atoms. The van der Waals surface area contributed by atoms with E-state index in [0.717, 1.165) is 53.4 Å². The van der Waals surface area contributed by atoms with E-state index in [9.17, 15) is 5.11 Å². The monoisotopic (exact) mass is 294 g/mol. The van der Waals surface area contributed by atoms with Crippen LogP contribution in [0.2, 0.25) is 0 Å². The molecule has 5 nitrogen and oxygen atoms in total. The molecule has 5 heteroatoms. The van der Waals surface area contributed by atoms with Gasteiger partial charge in [-0.1, -0.05) is 0 Å². The van der Waals surface area contributed by atoms with E-state index in [2.05, 4.69) is 26.7 Å². The first-order valence-electron chi connectivity index (χ1n) is 7.79. The van der Waals surface area contributed by atoms with Crippen molar-refractivity contribution in [3.8, 4) is 6.07 Å². The normalized spacial score (nSPS) is 22.2. The van der Waals surface area contributed by atoms with Gasteiger partial charge in [0.1, 0.15) is 12.4 Å². The number of fused-ring (bicyclic) bond motifs is 3. The van der Waals surface area contributed by atoms with Crippen LogP contribution in [0, 0.1) is 17.2 Å². The van der Waals surface area contributed by atoms with Gasteiger partial charge in [0.2, 0.25) is 0 Å². The Balaban J connectivity index is 1.88. The van der Waals surface area contributed by atoms with E-state index in [-0.39, 0.29) is 12.5 Å². The van der Waals surface area contributed by atoms with E-state index in [4.69, 9.17) is 5.26 Å². The van der Waals surface area contributed by atoms with E-state index < -0.39 is 0 Å². The van der Waals surface area contributed by atoms with Gasteiger partial charge < -0.3 is 14.7 Å². The van der Waals surface area contributed by atoms with Gasteiger partial charge in [0, 0.05) is 29.1 Å². The predicted molar refractivity (Wildman–Crippen MR) is 84.1 cm³/mol. The number of imidazole rings is 1. The van der Waals surface area contributed by atoms with Gasteiger partial charge in [-0.05, 0) is 43.9 Å². The molecule has 2 heterocycles. The lowest BCUT2D eigenvalue weighted by Gasteiger charge is -2.27. The van der Waals surface area contributed by atoms with Crippen LogP contribution in [0.1, 0.15) is 37.5 Å². The standard InChI is InChI=1S/C17H18N4O/c18-9-11-1-3-12(4-2-11)21-16(10-22)20-15-6-5-14-13(17(15)21)7-8-19-14/h5-8,11-12,19,22H,1-4,10H2. The Hall–Kier alpha value is -2.32. The molecule has 1 aliphatic rings. The van der Waals surface area contributed by atoms with Crippen molar-refractivity contribution in [3.05, 3.63) is 30.2 Å². The number of nitriles is 1. The largest absolute Gasteiger partial charge is 0.388 e. The number of aliphatic hydroxyl groups is 1. The minimum Gasteiger partial charge on any atom is -0.388 e. The highest BCUT2D eigenvalue weighted by Gasteiger charge is 2.26. The summed E-state index contributed by atoms with van der Waals surface area (Å²) in [6.07, 6.45) is 5.73. The van der Waals surface area contributed by atoms with Crippen molar-refractivity contribution in [2.75, 3.05) is 0 Å². The van der Waals surface area contributed by atoms with E-state index in [1.807, 2.05) is 18.3 Å². The Morgan fingerprint density at radius 1 is 1.27 bits per heavy atom. The maximum atomic E-state index is 9.73. The molecule has 0 saturated heterocycles. The van der Waals surface area contributed by atoms with Crippen LogP contribution < -0.4 is 0 Å². The average Bonchev–Trinajstić information content (AvgIpc) is 3.18. The molecule has 2 N–H and O–H groups in total. The molecule has 112 valence electrons. The Bertz CT molecular complexity index is 862. The van der Waals surface area contributed by atoms with Crippen LogP contribution in [0.25, 0.3) is 21.9 Å². The minimum atomic E-state index is -0.0568. The molecule has 0 radical (unpaired) electrons. The number of hydrogen-bond donors (Lipinski definition) is 2. The van der Waals surface area contributed by atoms with Gasteiger partial charge in [0.15, 0.2) is 0 Å². The molecule has 1 saturated carbocycles. The lowest BCUT2D eigenvalue weighted by atomic mass is 9.86. The summed E-state index contributed by atoms with van der Waals surface area (Å²) in [7, 11) is 0. The maximum absolute atomic E-state index is 9.73. The number of hydrogen-bond acceptors (Lipinski definition) is 3. The predicted octanol–water partition coefficient (Wildman–Crippen LogP) is 3.26. The van der Waals surface area contributed by atoms with E-state index >= 15 is 0 Å². The van der Waals surface area contributed by atoms with Gasteiger partial charge in [0.05, 0.1) is 17.1 Å². The first kappa shape index (κ1) is 13.4. The molecule has 1 fully saturated rings. The van der Waals surface area contributed by atoms with Crippen LogP contribution in [0.5, 0.6) is 0 Å². The zero-order valence-corrected chi connectivity index (χ0v) is 12.3. The number of nitrogens with zero attached hydrogens (tertiary/aromatic N) is 3. The number of rotatable bonds is 2. The van der Waals surface area contributed by atoms with Gasteiger partial charge in [-0.2, -0.15) is 5.26 Å². The van der Waals surface area contributed by atoms with Crippen molar-refractivity contribution in [1.29, 1.82) is 5.26 Å². The maximum Gasteiger partial charge on any atom is 0.135 e. The number of benzene rings is 1. The van der Waals surface area contributed by atoms with Crippen LogP contribution in [-0.4, -0.2) is 19.6 Å². The van der Waals surface area contributed by atoms with Gasteiger partial charge in [-0.25, -0.2) is 4.98 Å². The topological polar surface area (TPSA) is 77.6 Å². The van der Waals surface area contributed by atoms with Gasteiger partial charge in [-0.15, -0.1) is 0 Å². The first-order valence-corrected chi connectivity index (χ1v) is 7.79. The summed E-state index contributed by atoms with van der Waals surface area (Å²) < 4.78 is 2.21.